The van der Waals surface area contributed by atoms with Crippen molar-refractivity contribution >= 4 is 16.5 Å². The minimum absolute atomic E-state index is 0.688. The SMILES string of the molecule is CCC1CCC(N(C)Cc2nnc(NN)s2)CC1. The number of hydrazine groups is 1. The van der Waals surface area contributed by atoms with Crippen molar-refractivity contribution in [2.45, 2.75) is 51.6 Å². The molecule has 3 N–H and O–H groups in total. The first-order valence-electron chi connectivity index (χ1n) is 6.72. The molecule has 1 fully saturated rings. The molecule has 0 saturated heterocycles. The molecule has 18 heavy (non-hydrogen) atoms. The van der Waals surface area contributed by atoms with Gasteiger partial charge >= 0.3 is 0 Å². The summed E-state index contributed by atoms with van der Waals surface area (Å²) in [7, 11) is 2.19. The van der Waals surface area contributed by atoms with E-state index in [9.17, 15) is 0 Å². The van der Waals surface area contributed by atoms with Gasteiger partial charge in [0.15, 0.2) is 0 Å². The maximum atomic E-state index is 5.31. The van der Waals surface area contributed by atoms with Crippen molar-refractivity contribution in [1.29, 1.82) is 0 Å². The minimum Gasteiger partial charge on any atom is -0.298 e. The van der Waals surface area contributed by atoms with E-state index in [0.717, 1.165) is 17.5 Å². The highest BCUT2D eigenvalue weighted by Crippen LogP contribution is 2.29. The number of anilines is 1. The minimum atomic E-state index is 0.688. The van der Waals surface area contributed by atoms with E-state index in [-0.39, 0.29) is 0 Å². The molecule has 1 aliphatic carbocycles. The Bertz CT molecular complexity index is 359. The van der Waals surface area contributed by atoms with Gasteiger partial charge in [0.2, 0.25) is 5.13 Å². The summed E-state index contributed by atoms with van der Waals surface area (Å²) in [6, 6.07) is 0.700. The molecule has 0 aliphatic heterocycles. The van der Waals surface area contributed by atoms with Crippen LogP contribution in [0.1, 0.15) is 44.0 Å². The predicted molar refractivity (Wildman–Crippen MR) is 75.2 cm³/mol. The zero-order chi connectivity index (χ0) is 13.0. The van der Waals surface area contributed by atoms with Crippen molar-refractivity contribution < 1.29 is 0 Å². The lowest BCUT2D eigenvalue weighted by atomic mass is 9.84. The summed E-state index contributed by atoms with van der Waals surface area (Å²) in [5.74, 6) is 6.26. The molecule has 1 aromatic heterocycles. The molecule has 0 radical (unpaired) electrons. The maximum Gasteiger partial charge on any atom is 0.219 e. The molecule has 6 heteroatoms. The van der Waals surface area contributed by atoms with E-state index in [1.54, 1.807) is 0 Å². The van der Waals surface area contributed by atoms with Crippen molar-refractivity contribution in [1.82, 2.24) is 15.1 Å². The Balaban J connectivity index is 1.82. The lowest BCUT2D eigenvalue weighted by Crippen LogP contribution is -2.34. The normalized spacial score (nSPS) is 24.4. The van der Waals surface area contributed by atoms with Gasteiger partial charge in [-0.05, 0) is 38.6 Å². The summed E-state index contributed by atoms with van der Waals surface area (Å²) in [5, 5.41) is 9.82. The molecule has 1 aliphatic rings. The van der Waals surface area contributed by atoms with Crippen LogP contribution in [0.5, 0.6) is 0 Å². The third-order valence-corrected chi connectivity index (χ3v) is 4.83. The Hall–Kier alpha value is -0.720. The van der Waals surface area contributed by atoms with Crippen LogP contribution in [0.15, 0.2) is 0 Å². The summed E-state index contributed by atoms with van der Waals surface area (Å²) in [5.41, 5.74) is 2.54. The fraction of sp³-hybridized carbons (Fsp3) is 0.833. The zero-order valence-electron chi connectivity index (χ0n) is 11.2. The topological polar surface area (TPSA) is 67.1 Å². The van der Waals surface area contributed by atoms with Crippen LogP contribution >= 0.6 is 11.3 Å². The summed E-state index contributed by atoms with van der Waals surface area (Å²) in [6.45, 7) is 3.18. The third kappa shape index (κ3) is 3.40. The lowest BCUT2D eigenvalue weighted by molar-refractivity contribution is 0.157. The summed E-state index contributed by atoms with van der Waals surface area (Å²) in [6.07, 6.45) is 6.71. The Morgan fingerprint density at radius 3 is 2.61 bits per heavy atom. The second-order valence-corrected chi connectivity index (χ2v) is 6.21. The van der Waals surface area contributed by atoms with E-state index in [0.29, 0.717) is 11.2 Å². The third-order valence-electron chi connectivity index (χ3n) is 3.99. The molecule has 0 amide bonds. The number of rotatable bonds is 5. The lowest BCUT2D eigenvalue weighted by Gasteiger charge is -2.33. The average Bonchev–Trinajstić information content (AvgIpc) is 2.86. The van der Waals surface area contributed by atoms with Crippen molar-refractivity contribution in [3.05, 3.63) is 5.01 Å². The smallest absolute Gasteiger partial charge is 0.219 e. The van der Waals surface area contributed by atoms with Gasteiger partial charge in [-0.1, -0.05) is 24.7 Å². The van der Waals surface area contributed by atoms with Crippen molar-refractivity contribution in [2.24, 2.45) is 11.8 Å². The molecule has 1 saturated carbocycles. The highest BCUT2D eigenvalue weighted by Gasteiger charge is 2.23. The molecule has 1 aromatic rings. The van der Waals surface area contributed by atoms with Crippen LogP contribution in [-0.4, -0.2) is 28.2 Å². The molecule has 0 spiro atoms. The van der Waals surface area contributed by atoms with E-state index >= 15 is 0 Å². The van der Waals surface area contributed by atoms with E-state index in [2.05, 4.69) is 34.5 Å². The van der Waals surface area contributed by atoms with E-state index in [4.69, 9.17) is 5.84 Å². The van der Waals surface area contributed by atoms with Crippen LogP contribution < -0.4 is 11.3 Å². The molecule has 1 heterocycles. The number of hydrogen-bond donors (Lipinski definition) is 2. The van der Waals surface area contributed by atoms with Crippen molar-refractivity contribution in [3.8, 4) is 0 Å². The van der Waals surface area contributed by atoms with Gasteiger partial charge < -0.3 is 0 Å². The van der Waals surface area contributed by atoms with Crippen LogP contribution in [-0.2, 0) is 6.54 Å². The van der Waals surface area contributed by atoms with Crippen molar-refractivity contribution in [2.75, 3.05) is 12.5 Å². The number of aromatic nitrogens is 2. The van der Waals surface area contributed by atoms with Gasteiger partial charge in [-0.15, -0.1) is 10.2 Å². The van der Waals surface area contributed by atoms with Gasteiger partial charge in [-0.2, -0.15) is 0 Å². The second-order valence-electron chi connectivity index (χ2n) is 5.14. The van der Waals surface area contributed by atoms with Crippen LogP contribution in [0.25, 0.3) is 0 Å². The Kier molecular flexibility index (Phi) is 4.91. The van der Waals surface area contributed by atoms with Crippen LogP contribution in [0.3, 0.4) is 0 Å². The number of nitrogens with zero attached hydrogens (tertiary/aromatic N) is 3. The zero-order valence-corrected chi connectivity index (χ0v) is 12.0. The second kappa shape index (κ2) is 6.45. The molecule has 102 valence electrons. The molecule has 0 bridgehead atoms. The Morgan fingerprint density at radius 2 is 2.06 bits per heavy atom. The molecule has 2 rings (SSSR count). The number of nitrogens with one attached hydrogen (secondary N) is 1. The predicted octanol–water partition coefficient (Wildman–Crippen LogP) is 2.22. The number of nitrogens with two attached hydrogens (primary N) is 1. The quantitative estimate of drug-likeness (QED) is 0.634. The van der Waals surface area contributed by atoms with Gasteiger partial charge in [0, 0.05) is 6.04 Å². The molecule has 0 unspecified atom stereocenters. The maximum absolute atomic E-state index is 5.31. The summed E-state index contributed by atoms with van der Waals surface area (Å²) in [4.78, 5) is 2.41. The standard InChI is InChI=1S/C12H23N5S/c1-3-9-4-6-10(7-5-9)17(2)8-11-15-16-12(14-13)18-11/h9-10H,3-8,13H2,1-2H3,(H,14,16). The Labute approximate surface area is 113 Å². The molecule has 0 atom stereocenters. The monoisotopic (exact) mass is 269 g/mol. The molecule has 5 nitrogen and oxygen atoms in total. The average molecular weight is 269 g/mol. The van der Waals surface area contributed by atoms with Gasteiger partial charge in [-0.25, -0.2) is 5.84 Å². The highest BCUT2D eigenvalue weighted by atomic mass is 32.1. The van der Waals surface area contributed by atoms with Gasteiger partial charge in [-0.3, -0.25) is 10.3 Å². The highest BCUT2D eigenvalue weighted by molar-refractivity contribution is 7.15. The molecular formula is C12H23N5S. The molecular weight excluding hydrogens is 246 g/mol. The van der Waals surface area contributed by atoms with E-state index in [1.807, 2.05) is 0 Å². The first kappa shape index (κ1) is 13.7. The number of hydrogen-bond acceptors (Lipinski definition) is 6. The fourth-order valence-electron chi connectivity index (χ4n) is 2.71. The van der Waals surface area contributed by atoms with E-state index < -0.39 is 0 Å². The summed E-state index contributed by atoms with van der Waals surface area (Å²) >= 11 is 1.53. The first-order chi connectivity index (χ1) is 8.72. The molecule has 0 aromatic carbocycles. The van der Waals surface area contributed by atoms with Gasteiger partial charge in [0.05, 0.1) is 6.54 Å². The van der Waals surface area contributed by atoms with Crippen molar-refractivity contribution in [3.63, 3.8) is 0 Å². The van der Waals surface area contributed by atoms with Gasteiger partial charge in [0.25, 0.3) is 0 Å². The van der Waals surface area contributed by atoms with Crippen LogP contribution in [0.2, 0.25) is 0 Å². The van der Waals surface area contributed by atoms with Crippen LogP contribution in [0.4, 0.5) is 5.13 Å². The van der Waals surface area contributed by atoms with E-state index in [1.165, 1.54) is 43.4 Å². The summed E-state index contributed by atoms with van der Waals surface area (Å²) < 4.78 is 0. The number of nitrogen functional groups attached to an aromatic ring is 1. The first-order valence-corrected chi connectivity index (χ1v) is 7.53. The Morgan fingerprint density at radius 1 is 1.33 bits per heavy atom. The van der Waals surface area contributed by atoms with Gasteiger partial charge in [0.1, 0.15) is 5.01 Å². The van der Waals surface area contributed by atoms with Crippen LogP contribution in [0, 0.1) is 5.92 Å². The fourth-order valence-corrected chi connectivity index (χ4v) is 3.43. The largest absolute Gasteiger partial charge is 0.298 e.